The molecule has 0 saturated carbocycles. The number of ether oxygens (including phenoxy) is 1. The van der Waals surface area contributed by atoms with Crippen molar-refractivity contribution in [1.82, 2.24) is 9.97 Å². The number of hydrogen-bond donors (Lipinski definition) is 1. The summed E-state index contributed by atoms with van der Waals surface area (Å²) in [4.78, 5) is 8.72. The average molecular weight is 278 g/mol. The predicted octanol–water partition coefficient (Wildman–Crippen LogP) is 3.92. The van der Waals surface area contributed by atoms with Crippen molar-refractivity contribution >= 4 is 17.4 Å². The molecule has 0 aliphatic carbocycles. The number of rotatable bonds is 5. The van der Waals surface area contributed by atoms with E-state index in [1.165, 1.54) is 0 Å². The SMILES string of the molecule is CCNc1cc(Oc2ccc(Cl)cc2)nc(CC)n1. The molecule has 1 aromatic carbocycles. The third-order valence-electron chi connectivity index (χ3n) is 2.46. The zero-order valence-corrected chi connectivity index (χ0v) is 11.7. The lowest BCUT2D eigenvalue weighted by molar-refractivity contribution is 0.459. The van der Waals surface area contributed by atoms with Gasteiger partial charge in [-0.05, 0) is 31.2 Å². The van der Waals surface area contributed by atoms with Gasteiger partial charge in [0.15, 0.2) is 0 Å². The number of aromatic nitrogens is 2. The zero-order chi connectivity index (χ0) is 13.7. The fourth-order valence-corrected chi connectivity index (χ4v) is 1.70. The van der Waals surface area contributed by atoms with Gasteiger partial charge in [-0.25, -0.2) is 4.98 Å². The maximum absolute atomic E-state index is 5.84. The van der Waals surface area contributed by atoms with Crippen LogP contribution in [0.25, 0.3) is 0 Å². The molecule has 1 heterocycles. The Morgan fingerprint density at radius 3 is 2.53 bits per heavy atom. The van der Waals surface area contributed by atoms with Crippen molar-refractivity contribution in [3.05, 3.63) is 41.2 Å². The molecule has 1 aromatic heterocycles. The van der Waals surface area contributed by atoms with Gasteiger partial charge in [-0.1, -0.05) is 18.5 Å². The van der Waals surface area contributed by atoms with Gasteiger partial charge in [-0.3, -0.25) is 0 Å². The first kappa shape index (κ1) is 13.6. The predicted molar refractivity (Wildman–Crippen MR) is 77.1 cm³/mol. The maximum atomic E-state index is 5.84. The Balaban J connectivity index is 2.23. The van der Waals surface area contributed by atoms with Crippen LogP contribution in [0.4, 0.5) is 5.82 Å². The monoisotopic (exact) mass is 277 g/mol. The molecule has 4 nitrogen and oxygen atoms in total. The van der Waals surface area contributed by atoms with Gasteiger partial charge in [-0.2, -0.15) is 4.98 Å². The number of halogens is 1. The minimum atomic E-state index is 0.533. The molecule has 2 rings (SSSR count). The van der Waals surface area contributed by atoms with Crippen LogP contribution in [0.15, 0.2) is 30.3 Å². The molecule has 2 aromatic rings. The van der Waals surface area contributed by atoms with E-state index in [4.69, 9.17) is 16.3 Å². The third-order valence-corrected chi connectivity index (χ3v) is 2.71. The van der Waals surface area contributed by atoms with Crippen molar-refractivity contribution in [3.8, 4) is 11.6 Å². The number of aryl methyl sites for hydroxylation is 1. The molecule has 100 valence electrons. The lowest BCUT2D eigenvalue weighted by atomic mass is 10.3. The number of benzene rings is 1. The normalized spacial score (nSPS) is 10.3. The summed E-state index contributed by atoms with van der Waals surface area (Å²) in [5, 5.41) is 3.84. The Morgan fingerprint density at radius 1 is 1.16 bits per heavy atom. The first-order valence-electron chi connectivity index (χ1n) is 6.26. The number of nitrogens with one attached hydrogen (secondary N) is 1. The number of anilines is 1. The van der Waals surface area contributed by atoms with E-state index < -0.39 is 0 Å². The first-order chi connectivity index (χ1) is 9.21. The quantitative estimate of drug-likeness (QED) is 0.900. The van der Waals surface area contributed by atoms with Crippen molar-refractivity contribution in [2.24, 2.45) is 0 Å². The average Bonchev–Trinajstić information content (AvgIpc) is 2.41. The molecular weight excluding hydrogens is 262 g/mol. The zero-order valence-electron chi connectivity index (χ0n) is 11.0. The van der Waals surface area contributed by atoms with Crippen LogP contribution in [-0.4, -0.2) is 16.5 Å². The van der Waals surface area contributed by atoms with E-state index in [1.807, 2.05) is 26.0 Å². The third kappa shape index (κ3) is 3.83. The summed E-state index contributed by atoms with van der Waals surface area (Å²) in [5.41, 5.74) is 0. The highest BCUT2D eigenvalue weighted by molar-refractivity contribution is 6.30. The number of nitrogens with zero attached hydrogens (tertiary/aromatic N) is 2. The minimum absolute atomic E-state index is 0.533. The maximum Gasteiger partial charge on any atom is 0.224 e. The Labute approximate surface area is 117 Å². The molecule has 0 amide bonds. The van der Waals surface area contributed by atoms with Crippen LogP contribution >= 0.6 is 11.6 Å². The van der Waals surface area contributed by atoms with Crippen LogP contribution in [0.2, 0.25) is 5.02 Å². The molecule has 19 heavy (non-hydrogen) atoms. The summed E-state index contributed by atoms with van der Waals surface area (Å²) in [5.74, 6) is 2.76. The van der Waals surface area contributed by atoms with Gasteiger partial charge in [0.25, 0.3) is 0 Å². The molecule has 0 saturated heterocycles. The van der Waals surface area contributed by atoms with Crippen LogP contribution in [0.5, 0.6) is 11.6 Å². The van der Waals surface area contributed by atoms with E-state index >= 15 is 0 Å². The topological polar surface area (TPSA) is 47.0 Å². The molecule has 0 aliphatic rings. The summed E-state index contributed by atoms with van der Waals surface area (Å²) < 4.78 is 5.71. The van der Waals surface area contributed by atoms with Crippen LogP contribution in [-0.2, 0) is 6.42 Å². The molecule has 0 bridgehead atoms. The molecule has 0 spiro atoms. The number of hydrogen-bond acceptors (Lipinski definition) is 4. The van der Waals surface area contributed by atoms with Crippen LogP contribution in [0.3, 0.4) is 0 Å². The van der Waals surface area contributed by atoms with Crippen molar-refractivity contribution in [2.45, 2.75) is 20.3 Å². The van der Waals surface area contributed by atoms with Crippen LogP contribution < -0.4 is 10.1 Å². The van der Waals surface area contributed by atoms with E-state index in [2.05, 4.69) is 15.3 Å². The van der Waals surface area contributed by atoms with Gasteiger partial charge in [0.2, 0.25) is 5.88 Å². The summed E-state index contributed by atoms with van der Waals surface area (Å²) in [6, 6.07) is 8.97. The molecule has 0 aliphatic heterocycles. The lowest BCUT2D eigenvalue weighted by Gasteiger charge is -2.09. The highest BCUT2D eigenvalue weighted by Crippen LogP contribution is 2.23. The fraction of sp³-hybridized carbons (Fsp3) is 0.286. The van der Waals surface area contributed by atoms with Crippen molar-refractivity contribution < 1.29 is 4.74 Å². The van der Waals surface area contributed by atoms with Crippen molar-refractivity contribution in [2.75, 3.05) is 11.9 Å². The second kappa shape index (κ2) is 6.38. The minimum Gasteiger partial charge on any atom is -0.439 e. The summed E-state index contributed by atoms with van der Waals surface area (Å²) in [6.07, 6.45) is 0.760. The molecule has 5 heteroatoms. The summed E-state index contributed by atoms with van der Waals surface area (Å²) >= 11 is 5.84. The van der Waals surface area contributed by atoms with Gasteiger partial charge < -0.3 is 10.1 Å². The lowest BCUT2D eigenvalue weighted by Crippen LogP contribution is -2.04. The Morgan fingerprint density at radius 2 is 1.89 bits per heavy atom. The second-order valence-corrected chi connectivity index (χ2v) is 4.38. The largest absolute Gasteiger partial charge is 0.439 e. The van der Waals surface area contributed by atoms with Crippen LogP contribution in [0.1, 0.15) is 19.7 Å². The van der Waals surface area contributed by atoms with Crippen LogP contribution in [0, 0.1) is 0 Å². The molecule has 1 N–H and O–H groups in total. The van der Waals surface area contributed by atoms with Gasteiger partial charge in [0, 0.05) is 24.1 Å². The smallest absolute Gasteiger partial charge is 0.224 e. The van der Waals surface area contributed by atoms with Crippen molar-refractivity contribution in [1.29, 1.82) is 0 Å². The second-order valence-electron chi connectivity index (χ2n) is 3.95. The van der Waals surface area contributed by atoms with Gasteiger partial charge in [0.1, 0.15) is 17.4 Å². The highest BCUT2D eigenvalue weighted by Gasteiger charge is 2.05. The standard InChI is InChI=1S/C14H16ClN3O/c1-3-12-17-13(16-4-2)9-14(18-12)19-11-7-5-10(15)6-8-11/h5-9H,3-4H2,1-2H3,(H,16,17,18). The Bertz CT molecular complexity index is 543. The molecule has 0 unspecified atom stereocenters. The molecular formula is C14H16ClN3O. The van der Waals surface area contributed by atoms with Gasteiger partial charge >= 0.3 is 0 Å². The van der Waals surface area contributed by atoms with E-state index in [9.17, 15) is 0 Å². The highest BCUT2D eigenvalue weighted by atomic mass is 35.5. The summed E-state index contributed by atoms with van der Waals surface area (Å²) in [7, 11) is 0. The van der Waals surface area contributed by atoms with Gasteiger partial charge in [0.05, 0.1) is 0 Å². The van der Waals surface area contributed by atoms with E-state index in [0.29, 0.717) is 16.7 Å². The van der Waals surface area contributed by atoms with E-state index in [0.717, 1.165) is 24.6 Å². The molecule has 0 atom stereocenters. The Hall–Kier alpha value is -1.81. The van der Waals surface area contributed by atoms with Crippen molar-refractivity contribution in [3.63, 3.8) is 0 Å². The Kier molecular flexibility index (Phi) is 4.58. The van der Waals surface area contributed by atoms with Gasteiger partial charge in [-0.15, -0.1) is 0 Å². The van der Waals surface area contributed by atoms with E-state index in [1.54, 1.807) is 18.2 Å². The fourth-order valence-electron chi connectivity index (χ4n) is 1.58. The molecule has 0 radical (unpaired) electrons. The molecule has 0 fully saturated rings. The summed E-state index contributed by atoms with van der Waals surface area (Å²) in [6.45, 7) is 4.84. The first-order valence-corrected chi connectivity index (χ1v) is 6.64. The van der Waals surface area contributed by atoms with E-state index in [-0.39, 0.29) is 0 Å².